The van der Waals surface area contributed by atoms with E-state index in [0.717, 1.165) is 12.8 Å². The average molecular weight is 502 g/mol. The van der Waals surface area contributed by atoms with Crippen LogP contribution in [-0.4, -0.2) is 55.7 Å². The molecule has 1 saturated carbocycles. The lowest BCUT2D eigenvalue weighted by atomic mass is 9.89. The number of rotatable bonds is 11. The van der Waals surface area contributed by atoms with Crippen molar-refractivity contribution in [2.75, 3.05) is 6.54 Å². The molecule has 0 radical (unpaired) electrons. The van der Waals surface area contributed by atoms with Gasteiger partial charge in [-0.25, -0.2) is 9.07 Å². The third-order valence-corrected chi connectivity index (χ3v) is 6.50. The van der Waals surface area contributed by atoms with Gasteiger partial charge < -0.3 is 20.6 Å². The number of halogens is 1. The predicted molar refractivity (Wildman–Crippen MR) is 134 cm³/mol. The fourth-order valence-corrected chi connectivity index (χ4v) is 4.68. The monoisotopic (exact) mass is 501 g/mol. The number of hydrogen-bond donors (Lipinski definition) is 4. The van der Waals surface area contributed by atoms with Crippen molar-refractivity contribution in [2.45, 2.75) is 76.9 Å². The molecular formula is C27H36FN3O5. The highest BCUT2D eigenvalue weighted by Crippen LogP contribution is 2.29. The third-order valence-electron chi connectivity index (χ3n) is 6.50. The van der Waals surface area contributed by atoms with Gasteiger partial charge in [0.1, 0.15) is 5.82 Å². The Morgan fingerprint density at radius 2 is 1.83 bits per heavy atom. The van der Waals surface area contributed by atoms with E-state index >= 15 is 0 Å². The quantitative estimate of drug-likeness (QED) is 0.368. The summed E-state index contributed by atoms with van der Waals surface area (Å²) in [6.07, 6.45) is 5.90. The number of amides is 1. The van der Waals surface area contributed by atoms with Gasteiger partial charge in [-0.3, -0.25) is 9.59 Å². The molecule has 1 aliphatic rings. The van der Waals surface area contributed by atoms with Gasteiger partial charge in [0, 0.05) is 18.5 Å². The Labute approximate surface area is 210 Å². The second-order valence-electron chi connectivity index (χ2n) is 9.82. The van der Waals surface area contributed by atoms with Gasteiger partial charge in [-0.2, -0.15) is 5.10 Å². The van der Waals surface area contributed by atoms with Crippen LogP contribution >= 0.6 is 0 Å². The largest absolute Gasteiger partial charge is 0.481 e. The van der Waals surface area contributed by atoms with E-state index in [1.807, 2.05) is 13.8 Å². The van der Waals surface area contributed by atoms with Crippen molar-refractivity contribution in [3.8, 4) is 5.69 Å². The van der Waals surface area contributed by atoms with E-state index in [-0.39, 0.29) is 23.9 Å². The molecule has 196 valence electrons. The highest BCUT2D eigenvalue weighted by molar-refractivity contribution is 5.95. The van der Waals surface area contributed by atoms with Crippen molar-refractivity contribution in [3.05, 3.63) is 53.1 Å². The first-order valence-electron chi connectivity index (χ1n) is 12.6. The Morgan fingerprint density at radius 1 is 1.17 bits per heavy atom. The summed E-state index contributed by atoms with van der Waals surface area (Å²) in [5.74, 6) is -1.48. The minimum Gasteiger partial charge on any atom is -0.481 e. The van der Waals surface area contributed by atoms with E-state index in [0.29, 0.717) is 29.4 Å². The molecule has 1 amide bonds. The van der Waals surface area contributed by atoms with Gasteiger partial charge in [0.05, 0.1) is 30.0 Å². The highest BCUT2D eigenvalue weighted by Gasteiger charge is 2.26. The number of nitrogens with zero attached hydrogens (tertiary/aromatic N) is 2. The van der Waals surface area contributed by atoms with Gasteiger partial charge in [0.15, 0.2) is 5.69 Å². The number of hydrogen-bond acceptors (Lipinski definition) is 5. The minimum atomic E-state index is -1.20. The number of nitrogens with one attached hydrogen (secondary N) is 1. The average Bonchev–Trinajstić information content (AvgIpc) is 3.21. The zero-order valence-corrected chi connectivity index (χ0v) is 20.9. The summed E-state index contributed by atoms with van der Waals surface area (Å²) in [4.78, 5) is 24.0. The molecular weight excluding hydrogens is 465 g/mol. The number of carbonyl (C=O) groups excluding carboxylic acids is 1. The number of carbonyl (C=O) groups is 2. The summed E-state index contributed by atoms with van der Waals surface area (Å²) in [6.45, 7) is 4.47. The molecule has 8 nitrogen and oxygen atoms in total. The van der Waals surface area contributed by atoms with Crippen LogP contribution in [0.5, 0.6) is 0 Å². The van der Waals surface area contributed by atoms with Gasteiger partial charge >= 0.3 is 5.97 Å². The number of aliphatic carboxylic acids is 1. The molecule has 2 atom stereocenters. The van der Waals surface area contributed by atoms with Crippen molar-refractivity contribution in [2.24, 2.45) is 5.92 Å². The van der Waals surface area contributed by atoms with Gasteiger partial charge in [-0.1, -0.05) is 39.2 Å². The second-order valence-corrected chi connectivity index (χ2v) is 9.82. The van der Waals surface area contributed by atoms with Crippen LogP contribution in [0.4, 0.5) is 4.39 Å². The van der Waals surface area contributed by atoms with Gasteiger partial charge in [0.25, 0.3) is 5.91 Å². The standard InChI is InChI=1S/C27H36FN3O5/c1-17(2)25-23(13-12-21(32)14-22(33)15-24(34)35)31(20-10-8-19(28)9-11-20)30-26(25)27(36)29-16-18-6-4-3-5-7-18/h8-13,17-18,21-22,32-33H,3-7,14-16H2,1-2H3,(H,29,36)(H,34,35)/t21-,22-/m1/s1. The molecule has 0 bridgehead atoms. The van der Waals surface area contributed by atoms with Crippen LogP contribution in [-0.2, 0) is 4.79 Å². The minimum absolute atomic E-state index is 0.0935. The van der Waals surface area contributed by atoms with Crippen molar-refractivity contribution in [1.82, 2.24) is 15.1 Å². The number of aliphatic hydroxyl groups is 2. The van der Waals surface area contributed by atoms with Crippen LogP contribution in [0.3, 0.4) is 0 Å². The Kier molecular flexibility index (Phi) is 9.78. The summed E-state index contributed by atoms with van der Waals surface area (Å²) in [5, 5.41) is 36.7. The lowest BCUT2D eigenvalue weighted by Gasteiger charge is -2.21. The molecule has 36 heavy (non-hydrogen) atoms. The summed E-state index contributed by atoms with van der Waals surface area (Å²) in [7, 11) is 0. The maximum atomic E-state index is 13.6. The normalized spacial score (nSPS) is 16.4. The Hall–Kier alpha value is -3.04. The first-order chi connectivity index (χ1) is 17.2. The van der Waals surface area contributed by atoms with Crippen LogP contribution < -0.4 is 5.32 Å². The second kappa shape index (κ2) is 12.8. The highest BCUT2D eigenvalue weighted by atomic mass is 19.1. The van der Waals surface area contributed by atoms with Gasteiger partial charge in [-0.05, 0) is 55.0 Å². The molecule has 4 N–H and O–H groups in total. The predicted octanol–water partition coefficient (Wildman–Crippen LogP) is 4.04. The molecule has 3 rings (SSSR count). The molecule has 1 heterocycles. The molecule has 1 fully saturated rings. The molecule has 1 aromatic heterocycles. The van der Waals surface area contributed by atoms with E-state index in [1.165, 1.54) is 37.5 Å². The first-order valence-corrected chi connectivity index (χ1v) is 12.6. The lowest BCUT2D eigenvalue weighted by Crippen LogP contribution is -2.31. The SMILES string of the molecule is CC(C)c1c(C(=O)NCC2CCCCC2)nn(-c2ccc(F)cc2)c1C=C[C@@H](O)C[C@@H](O)CC(=O)O. The number of benzene rings is 1. The topological polar surface area (TPSA) is 125 Å². The van der Waals surface area contributed by atoms with Crippen LogP contribution in [0.15, 0.2) is 30.3 Å². The number of carboxylic acids is 1. The van der Waals surface area contributed by atoms with Crippen LogP contribution in [0, 0.1) is 11.7 Å². The number of aromatic nitrogens is 2. The third kappa shape index (κ3) is 7.48. The summed E-state index contributed by atoms with van der Waals surface area (Å²) >= 11 is 0. The van der Waals surface area contributed by atoms with Crippen molar-refractivity contribution < 1.29 is 29.3 Å². The van der Waals surface area contributed by atoms with Crippen LogP contribution in [0.25, 0.3) is 11.8 Å². The summed E-state index contributed by atoms with van der Waals surface area (Å²) < 4.78 is 15.1. The van der Waals surface area contributed by atoms with E-state index in [9.17, 15) is 24.2 Å². The lowest BCUT2D eigenvalue weighted by molar-refractivity contribution is -0.139. The van der Waals surface area contributed by atoms with Crippen LogP contribution in [0.1, 0.15) is 86.5 Å². The van der Waals surface area contributed by atoms with E-state index in [1.54, 1.807) is 22.9 Å². The number of carboxylic acid groups (broad SMARTS) is 1. The van der Waals surface area contributed by atoms with E-state index in [2.05, 4.69) is 10.4 Å². The Morgan fingerprint density at radius 3 is 2.44 bits per heavy atom. The smallest absolute Gasteiger partial charge is 0.305 e. The van der Waals surface area contributed by atoms with Gasteiger partial charge in [0.2, 0.25) is 0 Å². The molecule has 0 unspecified atom stereocenters. The maximum Gasteiger partial charge on any atom is 0.305 e. The zero-order chi connectivity index (χ0) is 26.2. The van der Waals surface area contributed by atoms with E-state index in [4.69, 9.17) is 5.11 Å². The molecule has 0 aliphatic heterocycles. The first kappa shape index (κ1) is 27.5. The number of aliphatic hydroxyl groups excluding tert-OH is 2. The van der Waals surface area contributed by atoms with Crippen molar-refractivity contribution >= 4 is 18.0 Å². The van der Waals surface area contributed by atoms with Crippen molar-refractivity contribution in [1.29, 1.82) is 0 Å². The molecule has 0 spiro atoms. The molecule has 1 aromatic carbocycles. The fourth-order valence-electron chi connectivity index (χ4n) is 4.68. The van der Waals surface area contributed by atoms with Gasteiger partial charge in [-0.15, -0.1) is 0 Å². The molecule has 0 saturated heterocycles. The van der Waals surface area contributed by atoms with Crippen LogP contribution in [0.2, 0.25) is 0 Å². The fraction of sp³-hybridized carbons (Fsp3) is 0.519. The maximum absolute atomic E-state index is 13.6. The Bertz CT molecular complexity index is 1060. The van der Waals surface area contributed by atoms with E-state index < -0.39 is 30.4 Å². The molecule has 9 heteroatoms. The summed E-state index contributed by atoms with van der Waals surface area (Å²) in [5.41, 5.74) is 2.04. The zero-order valence-electron chi connectivity index (χ0n) is 20.9. The Balaban J connectivity index is 1.93. The molecule has 1 aliphatic carbocycles. The molecule has 2 aromatic rings. The van der Waals surface area contributed by atoms with Crippen molar-refractivity contribution in [3.63, 3.8) is 0 Å². The summed E-state index contributed by atoms with van der Waals surface area (Å²) in [6, 6.07) is 5.72.